The van der Waals surface area contributed by atoms with Crippen LogP contribution in [0.4, 0.5) is 19.0 Å². The number of piperidine rings is 1. The highest BCUT2D eigenvalue weighted by Gasteiger charge is 2.33. The van der Waals surface area contributed by atoms with Gasteiger partial charge >= 0.3 is 6.18 Å². The molecule has 0 aliphatic carbocycles. The van der Waals surface area contributed by atoms with Gasteiger partial charge in [-0.25, -0.2) is 0 Å². The van der Waals surface area contributed by atoms with Gasteiger partial charge < -0.3 is 10.2 Å². The van der Waals surface area contributed by atoms with E-state index in [-0.39, 0.29) is 6.04 Å². The number of nitrogens with one attached hydrogen (secondary N) is 1. The van der Waals surface area contributed by atoms with Crippen molar-refractivity contribution in [2.24, 2.45) is 0 Å². The zero-order valence-electron chi connectivity index (χ0n) is 10.0. The van der Waals surface area contributed by atoms with Crippen molar-refractivity contribution in [1.29, 1.82) is 0 Å². The topological polar surface area (TPSA) is 41.0 Å². The Morgan fingerprint density at radius 1 is 1.33 bits per heavy atom. The molecule has 0 bridgehead atoms. The first-order valence-corrected chi connectivity index (χ1v) is 5.81. The highest BCUT2D eigenvalue weighted by Crippen LogP contribution is 2.27. The molecule has 1 fully saturated rings. The molecular weight excluding hydrogens is 245 g/mol. The van der Waals surface area contributed by atoms with Crippen LogP contribution in [0.1, 0.15) is 18.5 Å². The molecule has 100 valence electrons. The van der Waals surface area contributed by atoms with Gasteiger partial charge in [0.15, 0.2) is 5.69 Å². The Labute approximate surface area is 103 Å². The number of rotatable bonds is 2. The van der Waals surface area contributed by atoms with Gasteiger partial charge in [0.05, 0.1) is 0 Å². The lowest BCUT2D eigenvalue weighted by molar-refractivity contribution is -0.141. The summed E-state index contributed by atoms with van der Waals surface area (Å²) in [7, 11) is 2.02. The average Bonchev–Trinajstić information content (AvgIpc) is 2.28. The van der Waals surface area contributed by atoms with E-state index in [0.29, 0.717) is 5.82 Å². The zero-order chi connectivity index (χ0) is 13.2. The molecule has 1 N–H and O–H groups in total. The molecule has 2 rings (SSSR count). The summed E-state index contributed by atoms with van der Waals surface area (Å²) in [4.78, 5) is 2.18. The fourth-order valence-electron chi connectivity index (χ4n) is 2.05. The summed E-state index contributed by atoms with van der Waals surface area (Å²) in [5.41, 5.74) is -0.964. The van der Waals surface area contributed by atoms with E-state index in [2.05, 4.69) is 20.4 Å². The second-order valence-corrected chi connectivity index (χ2v) is 4.55. The fourth-order valence-corrected chi connectivity index (χ4v) is 2.05. The third kappa shape index (κ3) is 3.32. The van der Waals surface area contributed by atoms with Gasteiger partial charge in [-0.2, -0.15) is 13.2 Å². The number of likely N-dealkylation sites (N-methyl/N-ethyl adjacent to an activating group) is 1. The van der Waals surface area contributed by atoms with Gasteiger partial charge in [0.2, 0.25) is 0 Å². The highest BCUT2D eigenvalue weighted by atomic mass is 19.4. The molecular formula is C11H15F3N4. The summed E-state index contributed by atoms with van der Waals surface area (Å²) in [6, 6.07) is 2.49. The predicted molar refractivity (Wildman–Crippen MR) is 61.2 cm³/mol. The summed E-state index contributed by atoms with van der Waals surface area (Å²) >= 11 is 0. The van der Waals surface area contributed by atoms with E-state index in [1.165, 1.54) is 6.07 Å². The molecule has 1 aliphatic rings. The molecule has 4 nitrogen and oxygen atoms in total. The minimum Gasteiger partial charge on any atom is -0.365 e. The first kappa shape index (κ1) is 13.1. The van der Waals surface area contributed by atoms with Gasteiger partial charge in [-0.3, -0.25) is 0 Å². The van der Waals surface area contributed by atoms with E-state index in [1.54, 1.807) is 0 Å². The number of likely N-dealkylation sites (tertiary alicyclic amines) is 1. The largest absolute Gasteiger partial charge is 0.435 e. The second kappa shape index (κ2) is 5.09. The molecule has 18 heavy (non-hydrogen) atoms. The summed E-state index contributed by atoms with van der Waals surface area (Å²) in [6.45, 7) is 1.92. The van der Waals surface area contributed by atoms with Crippen LogP contribution in [-0.4, -0.2) is 41.3 Å². The molecule has 7 heteroatoms. The molecule has 0 spiro atoms. The summed E-state index contributed by atoms with van der Waals surface area (Å²) in [6.07, 6.45) is -2.37. The Morgan fingerprint density at radius 2 is 2.11 bits per heavy atom. The van der Waals surface area contributed by atoms with Crippen molar-refractivity contribution in [3.63, 3.8) is 0 Å². The minimum atomic E-state index is -4.43. The van der Waals surface area contributed by atoms with Crippen LogP contribution in [0.25, 0.3) is 0 Å². The van der Waals surface area contributed by atoms with Crippen molar-refractivity contribution in [3.05, 3.63) is 17.8 Å². The number of anilines is 1. The van der Waals surface area contributed by atoms with Crippen LogP contribution < -0.4 is 5.32 Å². The van der Waals surface area contributed by atoms with Gasteiger partial charge in [-0.05, 0) is 38.6 Å². The molecule has 1 aromatic rings. The highest BCUT2D eigenvalue weighted by molar-refractivity contribution is 5.34. The molecule has 0 amide bonds. The lowest BCUT2D eigenvalue weighted by Gasteiger charge is -2.30. The first-order chi connectivity index (χ1) is 8.45. The second-order valence-electron chi connectivity index (χ2n) is 4.55. The lowest BCUT2D eigenvalue weighted by Crippen LogP contribution is -2.39. The van der Waals surface area contributed by atoms with E-state index < -0.39 is 11.9 Å². The van der Waals surface area contributed by atoms with Gasteiger partial charge in [-0.1, -0.05) is 0 Å². The normalized spacial score (nSPS) is 21.9. The molecule has 0 radical (unpaired) electrons. The number of alkyl halides is 3. The number of halogens is 3. The SMILES string of the molecule is CN1CCCC(Nc2ccc(C(F)(F)F)nn2)C1. The Kier molecular flexibility index (Phi) is 3.70. The van der Waals surface area contributed by atoms with Gasteiger partial charge in [-0.15, -0.1) is 10.2 Å². The van der Waals surface area contributed by atoms with Crippen LogP contribution in [0, 0.1) is 0 Å². The van der Waals surface area contributed by atoms with Crippen LogP contribution in [0.3, 0.4) is 0 Å². The third-order valence-electron chi connectivity index (χ3n) is 2.93. The smallest absolute Gasteiger partial charge is 0.365 e. The molecule has 1 aromatic heterocycles. The Morgan fingerprint density at radius 3 is 2.67 bits per heavy atom. The number of nitrogens with zero attached hydrogens (tertiary/aromatic N) is 3. The molecule has 1 unspecified atom stereocenters. The van der Waals surface area contributed by atoms with Crippen LogP contribution in [-0.2, 0) is 6.18 Å². The Balaban J connectivity index is 1.98. The zero-order valence-corrected chi connectivity index (χ0v) is 10.0. The standard InChI is InChI=1S/C11H15F3N4/c1-18-6-2-3-8(7-18)15-10-5-4-9(16-17-10)11(12,13)14/h4-5,8H,2-3,6-7H2,1H3,(H,15,17). The number of hydrogen-bond donors (Lipinski definition) is 1. The van der Waals surface area contributed by atoms with Crippen molar-refractivity contribution in [2.45, 2.75) is 25.1 Å². The molecule has 1 saturated heterocycles. The van der Waals surface area contributed by atoms with E-state index in [4.69, 9.17) is 0 Å². The fraction of sp³-hybridized carbons (Fsp3) is 0.636. The quantitative estimate of drug-likeness (QED) is 0.883. The average molecular weight is 260 g/mol. The van der Waals surface area contributed by atoms with E-state index in [1.807, 2.05) is 7.05 Å². The Hall–Kier alpha value is -1.37. The van der Waals surface area contributed by atoms with Crippen molar-refractivity contribution in [1.82, 2.24) is 15.1 Å². The molecule has 1 atom stereocenters. The van der Waals surface area contributed by atoms with Gasteiger partial charge in [0, 0.05) is 12.6 Å². The third-order valence-corrected chi connectivity index (χ3v) is 2.93. The number of aromatic nitrogens is 2. The summed E-state index contributed by atoms with van der Waals surface area (Å²) in [5.74, 6) is 0.392. The molecule has 0 aromatic carbocycles. The first-order valence-electron chi connectivity index (χ1n) is 5.81. The maximum atomic E-state index is 12.3. The van der Waals surface area contributed by atoms with Crippen LogP contribution in [0.2, 0.25) is 0 Å². The van der Waals surface area contributed by atoms with Crippen LogP contribution in [0.15, 0.2) is 12.1 Å². The van der Waals surface area contributed by atoms with E-state index in [9.17, 15) is 13.2 Å². The molecule has 1 aliphatic heterocycles. The summed E-state index contributed by atoms with van der Waals surface area (Å²) < 4.78 is 36.9. The molecule has 2 heterocycles. The maximum Gasteiger partial charge on any atom is 0.435 e. The van der Waals surface area contributed by atoms with E-state index >= 15 is 0 Å². The van der Waals surface area contributed by atoms with Crippen molar-refractivity contribution in [3.8, 4) is 0 Å². The monoisotopic (exact) mass is 260 g/mol. The maximum absolute atomic E-state index is 12.3. The predicted octanol–water partition coefficient (Wildman–Crippen LogP) is 2.00. The minimum absolute atomic E-state index is 0.217. The van der Waals surface area contributed by atoms with Crippen molar-refractivity contribution in [2.75, 3.05) is 25.5 Å². The lowest BCUT2D eigenvalue weighted by atomic mass is 10.1. The number of hydrogen-bond acceptors (Lipinski definition) is 4. The van der Waals surface area contributed by atoms with Crippen LogP contribution >= 0.6 is 0 Å². The van der Waals surface area contributed by atoms with Gasteiger partial charge in [0.25, 0.3) is 0 Å². The summed E-state index contributed by atoms with van der Waals surface area (Å²) in [5, 5.41) is 9.86. The molecule has 0 saturated carbocycles. The van der Waals surface area contributed by atoms with Crippen molar-refractivity contribution >= 4 is 5.82 Å². The van der Waals surface area contributed by atoms with Crippen molar-refractivity contribution < 1.29 is 13.2 Å². The van der Waals surface area contributed by atoms with Gasteiger partial charge in [0.1, 0.15) is 5.82 Å². The van der Waals surface area contributed by atoms with E-state index in [0.717, 1.165) is 32.0 Å². The van der Waals surface area contributed by atoms with Crippen LogP contribution in [0.5, 0.6) is 0 Å². The Bertz CT molecular complexity index is 390.